The molecule has 0 saturated heterocycles. The number of hydrogen-bond donors (Lipinski definition) is 1. The Balaban J connectivity index is 2.59. The van der Waals surface area contributed by atoms with Crippen molar-refractivity contribution in [2.24, 2.45) is 11.7 Å². The van der Waals surface area contributed by atoms with E-state index in [1.165, 1.54) is 18.4 Å². The van der Waals surface area contributed by atoms with E-state index in [2.05, 4.69) is 61.0 Å². The van der Waals surface area contributed by atoms with E-state index in [9.17, 15) is 0 Å². The van der Waals surface area contributed by atoms with Crippen LogP contribution in [0.3, 0.4) is 0 Å². The number of halogens is 1. The van der Waals surface area contributed by atoms with E-state index in [1.54, 1.807) is 0 Å². The van der Waals surface area contributed by atoms with Gasteiger partial charge >= 0.3 is 0 Å². The third kappa shape index (κ3) is 4.26. The second kappa shape index (κ2) is 5.83. The SMILES string of the molecule is CC(C)CCCC(C)(N)c1ccc(Br)cc1. The second-order valence-electron chi connectivity index (χ2n) is 5.21. The molecule has 1 nitrogen and oxygen atoms in total. The molecule has 0 amide bonds. The molecule has 1 atom stereocenters. The standard InChI is InChI=1S/C14H22BrN/c1-11(2)5-4-10-14(3,16)12-6-8-13(15)9-7-12/h6-9,11H,4-5,10,16H2,1-3H3. The van der Waals surface area contributed by atoms with Crippen molar-refractivity contribution in [1.29, 1.82) is 0 Å². The van der Waals surface area contributed by atoms with Crippen molar-refractivity contribution in [3.63, 3.8) is 0 Å². The van der Waals surface area contributed by atoms with E-state index in [0.29, 0.717) is 0 Å². The predicted molar refractivity (Wildman–Crippen MR) is 74.4 cm³/mol. The van der Waals surface area contributed by atoms with Crippen molar-refractivity contribution in [3.8, 4) is 0 Å². The largest absolute Gasteiger partial charge is 0.322 e. The fourth-order valence-corrected chi connectivity index (χ4v) is 2.12. The van der Waals surface area contributed by atoms with Gasteiger partial charge in [0.2, 0.25) is 0 Å². The van der Waals surface area contributed by atoms with Gasteiger partial charge < -0.3 is 5.73 Å². The van der Waals surface area contributed by atoms with Crippen molar-refractivity contribution < 1.29 is 0 Å². The zero-order chi connectivity index (χ0) is 12.2. The lowest BCUT2D eigenvalue weighted by molar-refractivity contribution is 0.406. The first-order valence-electron chi connectivity index (χ1n) is 5.97. The first-order valence-corrected chi connectivity index (χ1v) is 6.76. The van der Waals surface area contributed by atoms with Gasteiger partial charge in [-0.2, -0.15) is 0 Å². The van der Waals surface area contributed by atoms with Crippen molar-refractivity contribution in [3.05, 3.63) is 34.3 Å². The first-order chi connectivity index (χ1) is 7.42. The summed E-state index contributed by atoms with van der Waals surface area (Å²) in [6.45, 7) is 6.64. The van der Waals surface area contributed by atoms with Crippen LogP contribution in [0.5, 0.6) is 0 Å². The van der Waals surface area contributed by atoms with E-state index >= 15 is 0 Å². The molecule has 0 aliphatic carbocycles. The molecule has 0 heterocycles. The molecule has 1 aromatic rings. The number of rotatable bonds is 5. The first kappa shape index (κ1) is 13.7. The summed E-state index contributed by atoms with van der Waals surface area (Å²) in [5.41, 5.74) is 7.38. The summed E-state index contributed by atoms with van der Waals surface area (Å²) >= 11 is 3.44. The van der Waals surface area contributed by atoms with Crippen LogP contribution in [0.25, 0.3) is 0 Å². The van der Waals surface area contributed by atoms with Crippen molar-refractivity contribution >= 4 is 15.9 Å². The van der Waals surface area contributed by atoms with Crippen molar-refractivity contribution in [2.45, 2.75) is 45.6 Å². The lowest BCUT2D eigenvalue weighted by Gasteiger charge is -2.25. The van der Waals surface area contributed by atoms with E-state index in [1.807, 2.05) is 0 Å². The van der Waals surface area contributed by atoms with E-state index in [0.717, 1.165) is 16.8 Å². The molecule has 2 N–H and O–H groups in total. The molecule has 1 aromatic carbocycles. The summed E-state index contributed by atoms with van der Waals surface area (Å²) in [6.07, 6.45) is 3.50. The molecular weight excluding hydrogens is 262 g/mol. The van der Waals surface area contributed by atoms with Crippen molar-refractivity contribution in [1.82, 2.24) is 0 Å². The fraction of sp³-hybridized carbons (Fsp3) is 0.571. The molecule has 16 heavy (non-hydrogen) atoms. The monoisotopic (exact) mass is 283 g/mol. The molecular formula is C14H22BrN. The Morgan fingerprint density at radius 1 is 1.25 bits per heavy atom. The van der Waals surface area contributed by atoms with Gasteiger partial charge in [-0.05, 0) is 37.0 Å². The average molecular weight is 284 g/mol. The average Bonchev–Trinajstić information content (AvgIpc) is 2.17. The highest BCUT2D eigenvalue weighted by molar-refractivity contribution is 9.10. The molecule has 0 aromatic heterocycles. The van der Waals surface area contributed by atoms with Gasteiger partial charge in [0.15, 0.2) is 0 Å². The molecule has 1 rings (SSSR count). The smallest absolute Gasteiger partial charge is 0.0381 e. The highest BCUT2D eigenvalue weighted by Gasteiger charge is 2.20. The molecule has 90 valence electrons. The summed E-state index contributed by atoms with van der Waals surface area (Å²) < 4.78 is 1.11. The maximum absolute atomic E-state index is 6.36. The Morgan fingerprint density at radius 3 is 2.31 bits per heavy atom. The van der Waals surface area contributed by atoms with Crippen molar-refractivity contribution in [2.75, 3.05) is 0 Å². The molecule has 0 aliphatic rings. The molecule has 1 unspecified atom stereocenters. The number of benzene rings is 1. The number of nitrogens with two attached hydrogens (primary N) is 1. The molecule has 0 spiro atoms. The predicted octanol–water partition coefficient (Wildman–Crippen LogP) is 4.45. The molecule has 0 fully saturated rings. The lowest BCUT2D eigenvalue weighted by Crippen LogP contribution is -2.32. The molecule has 0 bridgehead atoms. The zero-order valence-electron chi connectivity index (χ0n) is 10.5. The van der Waals surface area contributed by atoms with Gasteiger partial charge in [0.25, 0.3) is 0 Å². The Hall–Kier alpha value is -0.340. The zero-order valence-corrected chi connectivity index (χ0v) is 12.0. The number of hydrogen-bond acceptors (Lipinski definition) is 1. The van der Waals surface area contributed by atoms with E-state index in [4.69, 9.17) is 5.73 Å². The summed E-state index contributed by atoms with van der Waals surface area (Å²) in [5.74, 6) is 0.765. The van der Waals surface area contributed by atoms with Crippen LogP contribution < -0.4 is 5.73 Å². The lowest BCUT2D eigenvalue weighted by atomic mass is 9.87. The van der Waals surface area contributed by atoms with Crippen LogP contribution in [-0.4, -0.2) is 0 Å². The third-order valence-electron chi connectivity index (χ3n) is 2.98. The minimum Gasteiger partial charge on any atom is -0.322 e. The molecule has 0 aliphatic heterocycles. The van der Waals surface area contributed by atoms with Crippen LogP contribution in [0.4, 0.5) is 0 Å². The van der Waals surface area contributed by atoms with Gasteiger partial charge in [0.05, 0.1) is 0 Å². The van der Waals surface area contributed by atoms with Crippen LogP contribution in [0.1, 0.15) is 45.6 Å². The van der Waals surface area contributed by atoms with Crippen LogP contribution >= 0.6 is 15.9 Å². The molecule has 0 saturated carbocycles. The maximum atomic E-state index is 6.36. The van der Waals surface area contributed by atoms with Gasteiger partial charge in [-0.3, -0.25) is 0 Å². The summed E-state index contributed by atoms with van der Waals surface area (Å²) in [6, 6.07) is 8.34. The van der Waals surface area contributed by atoms with Gasteiger partial charge in [-0.15, -0.1) is 0 Å². The van der Waals surface area contributed by atoms with Gasteiger partial charge in [-0.25, -0.2) is 0 Å². The quantitative estimate of drug-likeness (QED) is 0.849. The maximum Gasteiger partial charge on any atom is 0.0381 e. The normalized spacial score (nSPS) is 15.1. The van der Waals surface area contributed by atoms with Crippen LogP contribution in [-0.2, 0) is 5.54 Å². The molecule has 2 heteroatoms. The van der Waals surface area contributed by atoms with E-state index < -0.39 is 0 Å². The third-order valence-corrected chi connectivity index (χ3v) is 3.51. The Morgan fingerprint density at radius 2 is 1.81 bits per heavy atom. The minimum absolute atomic E-state index is 0.199. The second-order valence-corrected chi connectivity index (χ2v) is 6.13. The van der Waals surface area contributed by atoms with Crippen LogP contribution in [0.15, 0.2) is 28.7 Å². The van der Waals surface area contributed by atoms with E-state index in [-0.39, 0.29) is 5.54 Å². The van der Waals surface area contributed by atoms with Gasteiger partial charge in [-0.1, -0.05) is 54.8 Å². The van der Waals surface area contributed by atoms with Gasteiger partial charge in [0, 0.05) is 10.0 Å². The van der Waals surface area contributed by atoms with Gasteiger partial charge in [0.1, 0.15) is 0 Å². The highest BCUT2D eigenvalue weighted by Crippen LogP contribution is 2.26. The topological polar surface area (TPSA) is 26.0 Å². The Labute approximate surface area is 108 Å². The highest BCUT2D eigenvalue weighted by atomic mass is 79.9. The van der Waals surface area contributed by atoms with Crippen LogP contribution in [0.2, 0.25) is 0 Å². The molecule has 0 radical (unpaired) electrons. The van der Waals surface area contributed by atoms with Crippen LogP contribution in [0, 0.1) is 5.92 Å². The Bertz CT molecular complexity index is 314. The minimum atomic E-state index is -0.199. The summed E-state index contributed by atoms with van der Waals surface area (Å²) in [4.78, 5) is 0. The fourth-order valence-electron chi connectivity index (χ4n) is 1.85. The Kier molecular flexibility index (Phi) is 5.00. The summed E-state index contributed by atoms with van der Waals surface area (Å²) in [5, 5.41) is 0. The summed E-state index contributed by atoms with van der Waals surface area (Å²) in [7, 11) is 0.